The number of fused-ring (bicyclic) bond motifs is 5. The van der Waals surface area contributed by atoms with Gasteiger partial charge in [-0.1, -0.05) is 19.0 Å². The predicted molar refractivity (Wildman–Crippen MR) is 114 cm³/mol. The minimum Gasteiger partial charge on any atom is -0.337 e. The fourth-order valence-corrected chi connectivity index (χ4v) is 5.46. The number of imidazole rings is 1. The van der Waals surface area contributed by atoms with E-state index in [0.29, 0.717) is 24.0 Å². The molecular weight excluding hydrogens is 400 g/mol. The van der Waals surface area contributed by atoms with E-state index >= 15 is 0 Å². The van der Waals surface area contributed by atoms with Gasteiger partial charge in [-0.15, -0.1) is 11.3 Å². The van der Waals surface area contributed by atoms with E-state index in [4.69, 9.17) is 4.52 Å². The summed E-state index contributed by atoms with van der Waals surface area (Å²) in [6.07, 6.45) is 5.88. The Kier molecular flexibility index (Phi) is 5.16. The third-order valence-electron chi connectivity index (χ3n) is 5.85. The zero-order valence-electron chi connectivity index (χ0n) is 17.4. The van der Waals surface area contributed by atoms with Crippen LogP contribution in [0.1, 0.15) is 66.8 Å². The molecule has 0 bridgehead atoms. The molecule has 0 aromatic carbocycles. The van der Waals surface area contributed by atoms with Gasteiger partial charge in [0.25, 0.3) is 5.91 Å². The summed E-state index contributed by atoms with van der Waals surface area (Å²) in [5.74, 6) is 1.23. The molecule has 0 N–H and O–H groups in total. The molecule has 0 aliphatic carbocycles. The first-order valence-corrected chi connectivity index (χ1v) is 11.6. The van der Waals surface area contributed by atoms with Gasteiger partial charge < -0.3 is 9.42 Å². The van der Waals surface area contributed by atoms with Gasteiger partial charge in [0.15, 0.2) is 0 Å². The Morgan fingerprint density at radius 2 is 2.13 bits per heavy atom. The first-order chi connectivity index (χ1) is 14.7. The van der Waals surface area contributed by atoms with E-state index in [1.54, 1.807) is 6.33 Å². The summed E-state index contributed by atoms with van der Waals surface area (Å²) in [6.45, 7) is 7.78. The van der Waals surface area contributed by atoms with Crippen LogP contribution in [0.4, 0.5) is 0 Å². The Labute approximate surface area is 179 Å². The van der Waals surface area contributed by atoms with Crippen molar-refractivity contribution in [2.45, 2.75) is 52.1 Å². The lowest BCUT2D eigenvalue weighted by atomic mass is 10.1. The lowest BCUT2D eigenvalue weighted by Gasteiger charge is -2.22. The lowest BCUT2D eigenvalue weighted by Crippen LogP contribution is -2.29. The molecule has 2 aliphatic heterocycles. The molecule has 3 aromatic heterocycles. The standard InChI is InChI=1S/C21H26N6O2S/c1-3-8-25(9-4-2)12-16-23-20(24-29-16)17-18-14-6-5-10-26(14)21(28)19-15(7-11-30-19)27(18)13-22-17/h7,11,13-14H,3-6,8-10,12H2,1-2H3/t14-/m0/s1. The van der Waals surface area contributed by atoms with E-state index in [-0.39, 0.29) is 11.9 Å². The second-order valence-corrected chi connectivity index (χ2v) is 8.84. The highest BCUT2D eigenvalue weighted by molar-refractivity contribution is 7.12. The van der Waals surface area contributed by atoms with Crippen molar-refractivity contribution in [3.05, 3.63) is 34.2 Å². The first kappa shape index (κ1) is 19.4. The number of aromatic nitrogens is 4. The summed E-state index contributed by atoms with van der Waals surface area (Å²) in [6, 6.07) is 1.98. The largest absolute Gasteiger partial charge is 0.337 e. The predicted octanol–water partition coefficient (Wildman–Crippen LogP) is 3.90. The minimum absolute atomic E-state index is 0.00627. The topological polar surface area (TPSA) is 80.3 Å². The van der Waals surface area contributed by atoms with Crippen molar-refractivity contribution >= 4 is 17.2 Å². The number of carbonyl (C=O) groups excluding carboxylic acids is 1. The molecule has 1 saturated heterocycles. The Bertz CT molecular complexity index is 1050. The van der Waals surface area contributed by atoms with Gasteiger partial charge in [0, 0.05) is 6.54 Å². The van der Waals surface area contributed by atoms with Crippen LogP contribution in [-0.4, -0.2) is 55.0 Å². The molecule has 9 heteroatoms. The monoisotopic (exact) mass is 426 g/mol. The minimum atomic E-state index is -0.00627. The fourth-order valence-electron chi connectivity index (χ4n) is 4.63. The van der Waals surface area contributed by atoms with Crippen molar-refractivity contribution in [3.8, 4) is 17.2 Å². The number of amides is 1. The third kappa shape index (κ3) is 3.16. The summed E-state index contributed by atoms with van der Waals surface area (Å²) < 4.78 is 7.64. The Morgan fingerprint density at radius 1 is 1.30 bits per heavy atom. The van der Waals surface area contributed by atoms with E-state index in [9.17, 15) is 4.79 Å². The van der Waals surface area contributed by atoms with E-state index in [1.165, 1.54) is 11.3 Å². The Hall–Kier alpha value is -2.52. The van der Waals surface area contributed by atoms with Gasteiger partial charge in [0.2, 0.25) is 11.7 Å². The molecule has 0 saturated carbocycles. The maximum atomic E-state index is 13.1. The van der Waals surface area contributed by atoms with Gasteiger partial charge in [0.05, 0.1) is 24.0 Å². The molecule has 1 fully saturated rings. The van der Waals surface area contributed by atoms with Crippen LogP contribution in [0.3, 0.4) is 0 Å². The van der Waals surface area contributed by atoms with Crippen molar-refractivity contribution < 1.29 is 9.32 Å². The van der Waals surface area contributed by atoms with Crippen molar-refractivity contribution in [2.24, 2.45) is 0 Å². The van der Waals surface area contributed by atoms with E-state index in [1.807, 2.05) is 20.9 Å². The van der Waals surface area contributed by atoms with Crippen LogP contribution >= 0.6 is 11.3 Å². The normalized spacial score (nSPS) is 17.9. The maximum absolute atomic E-state index is 13.1. The van der Waals surface area contributed by atoms with Gasteiger partial charge >= 0.3 is 0 Å². The van der Waals surface area contributed by atoms with Gasteiger partial charge in [-0.25, -0.2) is 4.98 Å². The molecule has 1 atom stereocenters. The number of nitrogens with zero attached hydrogens (tertiary/aromatic N) is 6. The Morgan fingerprint density at radius 3 is 2.93 bits per heavy atom. The number of thiophene rings is 1. The molecule has 30 heavy (non-hydrogen) atoms. The smallest absolute Gasteiger partial charge is 0.266 e. The second-order valence-electron chi connectivity index (χ2n) is 7.93. The van der Waals surface area contributed by atoms with Crippen LogP contribution in [-0.2, 0) is 6.54 Å². The molecule has 158 valence electrons. The molecule has 0 unspecified atom stereocenters. The van der Waals surface area contributed by atoms with Crippen molar-refractivity contribution in [1.29, 1.82) is 0 Å². The second kappa shape index (κ2) is 7.96. The van der Waals surface area contributed by atoms with Gasteiger partial charge in [-0.2, -0.15) is 4.98 Å². The fraction of sp³-hybridized carbons (Fsp3) is 0.524. The summed E-state index contributed by atoms with van der Waals surface area (Å²) in [5.41, 5.74) is 2.60. The van der Waals surface area contributed by atoms with Crippen molar-refractivity contribution in [1.82, 2.24) is 29.5 Å². The molecule has 3 aromatic rings. The van der Waals surface area contributed by atoms with Crippen LogP contribution in [0.5, 0.6) is 0 Å². The number of carbonyl (C=O) groups is 1. The van der Waals surface area contributed by atoms with E-state index < -0.39 is 0 Å². The lowest BCUT2D eigenvalue weighted by molar-refractivity contribution is 0.0743. The van der Waals surface area contributed by atoms with Crippen molar-refractivity contribution in [2.75, 3.05) is 19.6 Å². The molecule has 5 heterocycles. The highest BCUT2D eigenvalue weighted by Gasteiger charge is 2.40. The molecule has 5 rings (SSSR count). The summed E-state index contributed by atoms with van der Waals surface area (Å²) >= 11 is 1.49. The first-order valence-electron chi connectivity index (χ1n) is 10.7. The number of hydrogen-bond donors (Lipinski definition) is 0. The third-order valence-corrected chi connectivity index (χ3v) is 6.74. The molecular formula is C21H26N6O2S. The van der Waals surface area contributed by atoms with Crippen LogP contribution in [0.25, 0.3) is 17.2 Å². The molecule has 8 nitrogen and oxygen atoms in total. The molecule has 0 radical (unpaired) electrons. The average molecular weight is 427 g/mol. The summed E-state index contributed by atoms with van der Waals surface area (Å²) in [5, 5.41) is 6.22. The summed E-state index contributed by atoms with van der Waals surface area (Å²) in [4.78, 5) is 27.5. The zero-order chi connectivity index (χ0) is 20.7. The molecule has 1 amide bonds. The maximum Gasteiger partial charge on any atom is 0.266 e. The van der Waals surface area contributed by atoms with Gasteiger partial charge in [0.1, 0.15) is 16.9 Å². The van der Waals surface area contributed by atoms with Crippen LogP contribution in [0, 0.1) is 0 Å². The van der Waals surface area contributed by atoms with Gasteiger partial charge in [-0.3, -0.25) is 14.3 Å². The number of rotatable bonds is 7. The zero-order valence-corrected chi connectivity index (χ0v) is 18.2. The molecule has 0 spiro atoms. The van der Waals surface area contributed by atoms with Crippen molar-refractivity contribution in [3.63, 3.8) is 0 Å². The van der Waals surface area contributed by atoms with Crippen LogP contribution < -0.4 is 0 Å². The van der Waals surface area contributed by atoms with E-state index in [0.717, 1.165) is 61.6 Å². The van der Waals surface area contributed by atoms with Gasteiger partial charge in [-0.05, 0) is 50.2 Å². The highest BCUT2D eigenvalue weighted by atomic mass is 32.1. The van der Waals surface area contributed by atoms with Crippen LogP contribution in [0.2, 0.25) is 0 Å². The highest BCUT2D eigenvalue weighted by Crippen LogP contribution is 2.42. The average Bonchev–Trinajstić information content (AvgIpc) is 3.51. The number of hydrogen-bond acceptors (Lipinski definition) is 7. The Balaban J connectivity index is 1.52. The molecule has 2 aliphatic rings. The van der Waals surface area contributed by atoms with Crippen LogP contribution in [0.15, 0.2) is 22.3 Å². The quantitative estimate of drug-likeness (QED) is 0.570. The SMILES string of the molecule is CCCN(CCC)Cc1nc(-c2ncn3c2[C@@H]2CCCN2C(=O)c2sccc2-3)no1. The van der Waals surface area contributed by atoms with E-state index in [2.05, 4.69) is 33.9 Å². The summed E-state index contributed by atoms with van der Waals surface area (Å²) in [7, 11) is 0.